The van der Waals surface area contributed by atoms with Gasteiger partial charge in [0.25, 0.3) is 9.58 Å². The molecular formula is C4Cl3F5O. The summed E-state index contributed by atoms with van der Waals surface area (Å²) in [5.41, 5.74) is 0. The Labute approximate surface area is 83.7 Å². The second-order valence-electron chi connectivity index (χ2n) is 1.92. The maximum atomic E-state index is 12.3. The van der Waals surface area contributed by atoms with E-state index in [-0.39, 0.29) is 0 Å². The van der Waals surface area contributed by atoms with Gasteiger partial charge in [-0.15, -0.1) is 0 Å². The van der Waals surface area contributed by atoms with E-state index in [9.17, 15) is 26.7 Å². The molecule has 0 radical (unpaired) electrons. The van der Waals surface area contributed by atoms with E-state index in [1.54, 1.807) is 0 Å². The van der Waals surface area contributed by atoms with Gasteiger partial charge in [0.2, 0.25) is 0 Å². The number of hydrogen-bond acceptors (Lipinski definition) is 1. The highest BCUT2D eigenvalue weighted by Crippen LogP contribution is 2.50. The first-order valence-corrected chi connectivity index (χ1v) is 3.60. The van der Waals surface area contributed by atoms with Crippen LogP contribution in [-0.2, 0) is 4.79 Å². The summed E-state index contributed by atoms with van der Waals surface area (Å²) in [6.45, 7) is 0. The first kappa shape index (κ1) is 13.2. The van der Waals surface area contributed by atoms with Crippen LogP contribution in [0.4, 0.5) is 22.0 Å². The van der Waals surface area contributed by atoms with Gasteiger partial charge in [-0.1, -0.05) is 23.2 Å². The van der Waals surface area contributed by atoms with Gasteiger partial charge in [0.15, 0.2) is 0 Å². The van der Waals surface area contributed by atoms with Crippen molar-refractivity contribution in [3.05, 3.63) is 0 Å². The molecule has 0 saturated heterocycles. The Morgan fingerprint density at radius 3 is 1.38 bits per heavy atom. The van der Waals surface area contributed by atoms with Gasteiger partial charge in [0, 0.05) is 0 Å². The van der Waals surface area contributed by atoms with E-state index in [0.29, 0.717) is 0 Å². The summed E-state index contributed by atoms with van der Waals surface area (Å²) >= 11 is 13.3. The summed E-state index contributed by atoms with van der Waals surface area (Å²) in [5, 5.41) is -2.20. The summed E-state index contributed by atoms with van der Waals surface area (Å²) in [5.74, 6) is -5.60. The monoisotopic (exact) mass is 264 g/mol. The van der Waals surface area contributed by atoms with Gasteiger partial charge in [0.1, 0.15) is 0 Å². The molecule has 0 unspecified atom stereocenters. The minimum absolute atomic E-state index is 2.20. The molecular weight excluding hydrogens is 265 g/mol. The molecule has 1 nitrogen and oxygen atoms in total. The van der Waals surface area contributed by atoms with E-state index in [4.69, 9.17) is 0 Å². The number of rotatable bonds is 2. The molecule has 13 heavy (non-hydrogen) atoms. The predicted molar refractivity (Wildman–Crippen MR) is 36.3 cm³/mol. The largest absolute Gasteiger partial charge is 0.457 e. The Balaban J connectivity index is 5.16. The van der Waals surface area contributed by atoms with Gasteiger partial charge in [-0.05, 0) is 11.6 Å². The fraction of sp³-hybridized carbons (Fsp3) is 0.750. The molecule has 0 bridgehead atoms. The van der Waals surface area contributed by atoms with E-state index >= 15 is 0 Å². The molecule has 0 N–H and O–H groups in total. The van der Waals surface area contributed by atoms with Crippen molar-refractivity contribution in [2.24, 2.45) is 0 Å². The fourth-order valence-electron chi connectivity index (χ4n) is 0.301. The lowest BCUT2D eigenvalue weighted by molar-refractivity contribution is -0.283. The van der Waals surface area contributed by atoms with Crippen molar-refractivity contribution in [1.29, 1.82) is 0 Å². The van der Waals surface area contributed by atoms with E-state index in [2.05, 4.69) is 34.8 Å². The van der Waals surface area contributed by atoms with Gasteiger partial charge in [0.05, 0.1) is 0 Å². The minimum Gasteiger partial charge on any atom is -0.278 e. The number of halogens is 8. The van der Waals surface area contributed by atoms with Crippen LogP contribution >= 0.6 is 34.8 Å². The van der Waals surface area contributed by atoms with Crippen molar-refractivity contribution in [1.82, 2.24) is 0 Å². The second-order valence-corrected chi connectivity index (χ2v) is 3.59. The van der Waals surface area contributed by atoms with Crippen molar-refractivity contribution < 1.29 is 26.7 Å². The second kappa shape index (κ2) is 3.40. The average Bonchev–Trinajstić information content (AvgIpc) is 1.84. The third kappa shape index (κ3) is 2.16. The maximum absolute atomic E-state index is 12.3. The zero-order valence-electron chi connectivity index (χ0n) is 5.43. The molecule has 0 rings (SSSR count). The number of carbonyl (C=O) groups is 1. The third-order valence-electron chi connectivity index (χ3n) is 0.997. The zero-order valence-corrected chi connectivity index (χ0v) is 7.70. The summed E-state index contributed by atoms with van der Waals surface area (Å²) < 4.78 is 55.2. The first-order valence-electron chi connectivity index (χ1n) is 2.47. The van der Waals surface area contributed by atoms with Crippen LogP contribution < -0.4 is 0 Å². The Kier molecular flexibility index (Phi) is 3.45. The summed E-state index contributed by atoms with van der Waals surface area (Å²) in [6.07, 6.45) is -6.04. The van der Waals surface area contributed by atoms with Crippen LogP contribution in [0.5, 0.6) is 0 Å². The van der Waals surface area contributed by atoms with Crippen LogP contribution in [0.2, 0.25) is 0 Å². The molecule has 0 aromatic rings. The number of alkyl halides is 7. The Morgan fingerprint density at radius 2 is 1.31 bits per heavy atom. The smallest absolute Gasteiger partial charge is 0.278 e. The SMILES string of the molecule is O=C(Cl)C(Cl)(Cl)C(F)(F)C(F)(F)F. The Morgan fingerprint density at radius 1 is 1.00 bits per heavy atom. The molecule has 0 fully saturated rings. The Hall–Kier alpha value is 0.190. The van der Waals surface area contributed by atoms with Crippen molar-refractivity contribution in [2.45, 2.75) is 16.4 Å². The quantitative estimate of drug-likeness (QED) is 0.426. The molecule has 0 saturated carbocycles. The molecule has 9 heteroatoms. The summed E-state index contributed by atoms with van der Waals surface area (Å²) in [4.78, 5) is 10.1. The van der Waals surface area contributed by atoms with Crippen LogP contribution in [0.25, 0.3) is 0 Å². The molecule has 78 valence electrons. The van der Waals surface area contributed by atoms with Crippen LogP contribution in [0, 0.1) is 0 Å². The van der Waals surface area contributed by atoms with Crippen molar-refractivity contribution in [2.75, 3.05) is 0 Å². The molecule has 0 aromatic carbocycles. The Bertz CT molecular complexity index is 222. The normalized spacial score (nSPS) is 14.5. The van der Waals surface area contributed by atoms with Gasteiger partial charge in [-0.25, -0.2) is 0 Å². The lowest BCUT2D eigenvalue weighted by atomic mass is 10.2. The standard InChI is InChI=1S/C4Cl3F5O/c5-1(13)2(6,7)3(8,9)4(10,11)12. The van der Waals surface area contributed by atoms with E-state index in [1.165, 1.54) is 0 Å². The highest BCUT2D eigenvalue weighted by Gasteiger charge is 2.72. The molecule has 0 heterocycles. The van der Waals surface area contributed by atoms with Crippen molar-refractivity contribution in [3.63, 3.8) is 0 Å². The molecule has 0 aliphatic rings. The minimum atomic E-state index is -6.04. The molecule has 0 aromatic heterocycles. The van der Waals surface area contributed by atoms with Crippen molar-refractivity contribution in [3.8, 4) is 0 Å². The topological polar surface area (TPSA) is 17.1 Å². The highest BCUT2D eigenvalue weighted by atomic mass is 35.5. The van der Waals surface area contributed by atoms with Gasteiger partial charge in [-0.3, -0.25) is 4.79 Å². The van der Waals surface area contributed by atoms with E-state index in [1.807, 2.05) is 0 Å². The average molecular weight is 265 g/mol. The predicted octanol–water partition coefficient (Wildman–Crippen LogP) is 3.12. The molecule has 0 amide bonds. The summed E-state index contributed by atoms with van der Waals surface area (Å²) in [6, 6.07) is 0. The van der Waals surface area contributed by atoms with Gasteiger partial charge < -0.3 is 0 Å². The molecule has 0 aliphatic carbocycles. The fourth-order valence-corrected chi connectivity index (χ4v) is 0.634. The van der Waals surface area contributed by atoms with Gasteiger partial charge >= 0.3 is 12.1 Å². The molecule has 0 atom stereocenters. The number of hydrogen-bond donors (Lipinski definition) is 0. The van der Waals surface area contributed by atoms with Crippen LogP contribution in [0.3, 0.4) is 0 Å². The number of carbonyl (C=O) groups excluding carboxylic acids is 1. The first-order chi connectivity index (χ1) is 5.44. The van der Waals surface area contributed by atoms with Gasteiger partial charge in [-0.2, -0.15) is 22.0 Å². The molecule has 0 aliphatic heterocycles. The van der Waals surface area contributed by atoms with Crippen molar-refractivity contribution >= 4 is 40.0 Å². The van der Waals surface area contributed by atoms with E-state index in [0.717, 1.165) is 0 Å². The molecule has 0 spiro atoms. The zero-order chi connectivity index (χ0) is 11.1. The summed E-state index contributed by atoms with van der Waals surface area (Å²) in [7, 11) is 0. The lowest BCUT2D eigenvalue weighted by Crippen LogP contribution is -2.53. The lowest BCUT2D eigenvalue weighted by Gasteiger charge is -2.27. The van der Waals surface area contributed by atoms with Crippen LogP contribution in [0.15, 0.2) is 0 Å². The maximum Gasteiger partial charge on any atom is 0.457 e. The third-order valence-corrected chi connectivity index (χ3v) is 2.29. The highest BCUT2D eigenvalue weighted by molar-refractivity contribution is 6.78. The van der Waals surface area contributed by atoms with E-state index < -0.39 is 21.7 Å². The van der Waals surface area contributed by atoms with Crippen LogP contribution in [-0.4, -0.2) is 21.7 Å². The van der Waals surface area contributed by atoms with Crippen LogP contribution in [0.1, 0.15) is 0 Å².